The van der Waals surface area contributed by atoms with E-state index in [-0.39, 0.29) is 17.0 Å². The normalized spacial score (nSPS) is 15.1. The van der Waals surface area contributed by atoms with Crippen LogP contribution in [0.5, 0.6) is 0 Å². The maximum Gasteiger partial charge on any atom is 0.369 e. The molecule has 3 rings (SSSR count). The lowest BCUT2D eigenvalue weighted by Crippen LogP contribution is -2.44. The molecule has 2 aromatic rings. The molecule has 1 fully saturated rings. The van der Waals surface area contributed by atoms with Crippen LogP contribution in [0.1, 0.15) is 45.7 Å². The Morgan fingerprint density at radius 2 is 2.15 bits per heavy atom. The first kappa shape index (κ1) is 18.8. The van der Waals surface area contributed by atoms with Crippen molar-refractivity contribution >= 4 is 44.3 Å². The number of aromatic nitrogens is 3. The third-order valence-electron chi connectivity index (χ3n) is 4.16. The van der Waals surface area contributed by atoms with Gasteiger partial charge in [0.05, 0.1) is 6.61 Å². The largest absolute Gasteiger partial charge is 0.461 e. The van der Waals surface area contributed by atoms with E-state index in [0.29, 0.717) is 17.4 Å². The average Bonchev–Trinajstić information content (AvgIpc) is 3.24. The van der Waals surface area contributed by atoms with Crippen LogP contribution in [0.4, 0.5) is 5.13 Å². The molecule has 1 saturated heterocycles. The van der Waals surface area contributed by atoms with Gasteiger partial charge in [0.15, 0.2) is 0 Å². The number of hydrogen-bond donors (Lipinski definition) is 2. The Kier molecular flexibility index (Phi) is 5.92. The number of ether oxygens (including phenoxy) is 1. The van der Waals surface area contributed by atoms with Crippen molar-refractivity contribution in [3.8, 4) is 0 Å². The second-order valence-corrected chi connectivity index (χ2v) is 7.81. The van der Waals surface area contributed by atoms with E-state index in [1.54, 1.807) is 13.0 Å². The molecule has 1 aliphatic heterocycles. The molecule has 0 unspecified atom stereocenters. The van der Waals surface area contributed by atoms with E-state index in [2.05, 4.69) is 41.3 Å². The maximum absolute atomic E-state index is 12.3. The highest BCUT2D eigenvalue weighted by Gasteiger charge is 2.25. The Labute approximate surface area is 163 Å². The molecular formula is C16H20BrN5O3S. The lowest BCUT2D eigenvalue weighted by Gasteiger charge is -2.31. The molecule has 2 aromatic heterocycles. The molecule has 0 saturated carbocycles. The average molecular weight is 442 g/mol. The maximum atomic E-state index is 12.3. The number of halogens is 1. The van der Waals surface area contributed by atoms with E-state index >= 15 is 0 Å². The van der Waals surface area contributed by atoms with Gasteiger partial charge in [-0.2, -0.15) is 0 Å². The van der Waals surface area contributed by atoms with Gasteiger partial charge in [-0.25, -0.2) is 4.79 Å². The van der Waals surface area contributed by atoms with Gasteiger partial charge in [-0.05, 0) is 48.7 Å². The first-order valence-corrected chi connectivity index (χ1v) is 10.0. The SMILES string of the molecule is CCOC(=O)c1nnc(N2CCC(NC(=O)c3cc(Br)c(C)[nH]3)CC2)s1. The van der Waals surface area contributed by atoms with Crippen molar-refractivity contribution in [2.75, 3.05) is 24.6 Å². The number of hydrogen-bond acceptors (Lipinski definition) is 7. The second-order valence-electron chi connectivity index (χ2n) is 6.00. The number of carbonyl (C=O) groups is 2. The summed E-state index contributed by atoms with van der Waals surface area (Å²) in [6.45, 7) is 5.47. The summed E-state index contributed by atoms with van der Waals surface area (Å²) in [7, 11) is 0. The number of nitrogens with one attached hydrogen (secondary N) is 2. The fourth-order valence-corrected chi connectivity index (χ4v) is 3.87. The number of anilines is 1. The summed E-state index contributed by atoms with van der Waals surface area (Å²) in [5, 5.41) is 12.0. The third-order valence-corrected chi connectivity index (χ3v) is 5.95. The Hall–Kier alpha value is -1.94. The molecule has 0 atom stereocenters. The van der Waals surface area contributed by atoms with Gasteiger partial charge in [0, 0.05) is 29.3 Å². The lowest BCUT2D eigenvalue weighted by molar-refractivity contribution is 0.0525. The Morgan fingerprint density at radius 3 is 2.77 bits per heavy atom. The highest BCUT2D eigenvalue weighted by atomic mass is 79.9. The van der Waals surface area contributed by atoms with Gasteiger partial charge in [-0.1, -0.05) is 11.3 Å². The number of H-pyrrole nitrogens is 1. The Balaban J connectivity index is 1.52. The zero-order valence-electron chi connectivity index (χ0n) is 14.5. The summed E-state index contributed by atoms with van der Waals surface area (Å²) in [4.78, 5) is 29.2. The molecular weight excluding hydrogens is 422 g/mol. The summed E-state index contributed by atoms with van der Waals surface area (Å²) >= 11 is 4.64. The third kappa shape index (κ3) is 4.24. The smallest absolute Gasteiger partial charge is 0.369 e. The Morgan fingerprint density at radius 1 is 1.42 bits per heavy atom. The zero-order chi connectivity index (χ0) is 18.7. The predicted molar refractivity (Wildman–Crippen MR) is 102 cm³/mol. The highest BCUT2D eigenvalue weighted by molar-refractivity contribution is 9.10. The topological polar surface area (TPSA) is 100 Å². The quantitative estimate of drug-likeness (QED) is 0.691. The van der Waals surface area contributed by atoms with Crippen LogP contribution in [0.15, 0.2) is 10.5 Å². The predicted octanol–water partition coefficient (Wildman–Crippen LogP) is 2.51. The minimum Gasteiger partial charge on any atom is -0.461 e. The van der Waals surface area contributed by atoms with Gasteiger partial charge in [-0.15, -0.1) is 10.2 Å². The number of amides is 1. The summed E-state index contributed by atoms with van der Waals surface area (Å²) in [5.41, 5.74) is 1.48. The van der Waals surface area contributed by atoms with Crippen molar-refractivity contribution in [2.45, 2.75) is 32.7 Å². The van der Waals surface area contributed by atoms with Crippen LogP contribution in [0.25, 0.3) is 0 Å². The lowest BCUT2D eigenvalue weighted by atomic mass is 10.1. The van der Waals surface area contributed by atoms with Crippen LogP contribution in [-0.4, -0.2) is 52.8 Å². The standard InChI is InChI=1S/C16H20BrN5O3S/c1-3-25-15(24)14-20-21-16(26-14)22-6-4-10(5-7-22)19-13(23)12-8-11(17)9(2)18-12/h8,10,18H,3-7H2,1-2H3,(H,19,23). The van der Waals surface area contributed by atoms with Crippen LogP contribution < -0.4 is 10.2 Å². The molecule has 0 aliphatic carbocycles. The summed E-state index contributed by atoms with van der Waals surface area (Å²) in [6.07, 6.45) is 1.61. The summed E-state index contributed by atoms with van der Waals surface area (Å²) < 4.78 is 5.83. The molecule has 0 radical (unpaired) electrons. The van der Waals surface area contributed by atoms with Crippen LogP contribution in [0.2, 0.25) is 0 Å². The minimum absolute atomic E-state index is 0.0993. The fraction of sp³-hybridized carbons (Fsp3) is 0.500. The van der Waals surface area contributed by atoms with E-state index < -0.39 is 5.97 Å². The summed E-state index contributed by atoms with van der Waals surface area (Å²) in [5.74, 6) is -0.538. The van der Waals surface area contributed by atoms with Gasteiger partial charge in [0.25, 0.3) is 5.91 Å². The number of nitrogens with zero attached hydrogens (tertiary/aromatic N) is 3. The van der Waals surface area contributed by atoms with Crippen LogP contribution in [0.3, 0.4) is 0 Å². The Bertz CT molecular complexity index is 778. The molecule has 0 bridgehead atoms. The molecule has 1 aliphatic rings. The number of aromatic amines is 1. The van der Waals surface area contributed by atoms with Crippen LogP contribution >= 0.6 is 27.3 Å². The van der Waals surface area contributed by atoms with Crippen molar-refractivity contribution in [1.82, 2.24) is 20.5 Å². The number of piperidine rings is 1. The number of carbonyl (C=O) groups excluding carboxylic acids is 2. The molecule has 1 amide bonds. The van der Waals surface area contributed by atoms with Crippen molar-refractivity contribution < 1.29 is 14.3 Å². The van der Waals surface area contributed by atoms with E-state index in [4.69, 9.17) is 4.74 Å². The van der Waals surface area contributed by atoms with Crippen LogP contribution in [0, 0.1) is 6.92 Å². The van der Waals surface area contributed by atoms with Crippen LogP contribution in [-0.2, 0) is 4.74 Å². The second kappa shape index (κ2) is 8.17. The molecule has 0 aromatic carbocycles. The molecule has 8 nitrogen and oxygen atoms in total. The van der Waals surface area contributed by atoms with Crippen molar-refractivity contribution in [3.05, 3.63) is 26.9 Å². The molecule has 2 N–H and O–H groups in total. The van der Waals surface area contributed by atoms with Crippen molar-refractivity contribution in [2.24, 2.45) is 0 Å². The first-order valence-electron chi connectivity index (χ1n) is 8.39. The van der Waals surface area contributed by atoms with Gasteiger partial charge in [0.1, 0.15) is 5.69 Å². The van der Waals surface area contributed by atoms with Crippen molar-refractivity contribution in [3.63, 3.8) is 0 Å². The molecule has 3 heterocycles. The molecule has 10 heteroatoms. The minimum atomic E-state index is -0.439. The number of aryl methyl sites for hydroxylation is 1. The highest BCUT2D eigenvalue weighted by Crippen LogP contribution is 2.24. The van der Waals surface area contributed by atoms with Gasteiger partial charge >= 0.3 is 5.97 Å². The first-order chi connectivity index (χ1) is 12.5. The molecule has 26 heavy (non-hydrogen) atoms. The molecule has 0 spiro atoms. The van der Waals surface area contributed by atoms with E-state index in [9.17, 15) is 9.59 Å². The van der Waals surface area contributed by atoms with Gasteiger partial charge < -0.3 is 19.9 Å². The zero-order valence-corrected chi connectivity index (χ0v) is 16.9. The van der Waals surface area contributed by atoms with E-state index in [0.717, 1.165) is 36.1 Å². The van der Waals surface area contributed by atoms with E-state index in [1.165, 1.54) is 11.3 Å². The summed E-state index contributed by atoms with van der Waals surface area (Å²) in [6, 6.07) is 1.90. The number of esters is 1. The van der Waals surface area contributed by atoms with Gasteiger partial charge in [0.2, 0.25) is 10.1 Å². The van der Waals surface area contributed by atoms with E-state index in [1.807, 2.05) is 6.92 Å². The molecule has 140 valence electrons. The number of rotatable bonds is 5. The fourth-order valence-electron chi connectivity index (χ4n) is 2.75. The monoisotopic (exact) mass is 441 g/mol. The van der Waals surface area contributed by atoms with Gasteiger partial charge in [-0.3, -0.25) is 4.79 Å². The van der Waals surface area contributed by atoms with Crippen molar-refractivity contribution in [1.29, 1.82) is 0 Å².